The summed E-state index contributed by atoms with van der Waals surface area (Å²) >= 11 is 1.84. The SMILES string of the molecule is CCNCc1cc(COCCOCCOC)c(C)s1. The van der Waals surface area contributed by atoms with Crippen LogP contribution in [-0.2, 0) is 27.4 Å². The quantitative estimate of drug-likeness (QED) is 0.634. The first-order valence-corrected chi connectivity index (χ1v) is 7.53. The summed E-state index contributed by atoms with van der Waals surface area (Å²) in [5, 5.41) is 3.34. The lowest BCUT2D eigenvalue weighted by Crippen LogP contribution is -2.10. The fourth-order valence-corrected chi connectivity index (χ4v) is 2.63. The third kappa shape index (κ3) is 7.03. The first-order valence-electron chi connectivity index (χ1n) is 6.71. The Bertz CT molecular complexity index is 341. The molecule has 0 fully saturated rings. The van der Waals surface area contributed by atoms with Gasteiger partial charge in [-0.15, -0.1) is 11.3 Å². The molecular weight excluding hydrogens is 262 g/mol. The second-order valence-corrected chi connectivity index (χ2v) is 5.57. The molecule has 0 spiro atoms. The number of hydrogen-bond acceptors (Lipinski definition) is 5. The van der Waals surface area contributed by atoms with Crippen molar-refractivity contribution < 1.29 is 14.2 Å². The van der Waals surface area contributed by atoms with Crippen molar-refractivity contribution in [2.45, 2.75) is 27.0 Å². The number of ether oxygens (including phenoxy) is 3. The van der Waals surface area contributed by atoms with Crippen LogP contribution in [-0.4, -0.2) is 40.1 Å². The highest BCUT2D eigenvalue weighted by Crippen LogP contribution is 2.22. The molecule has 4 nitrogen and oxygen atoms in total. The minimum atomic E-state index is 0.622. The van der Waals surface area contributed by atoms with Crippen LogP contribution in [0.15, 0.2) is 6.07 Å². The summed E-state index contributed by atoms with van der Waals surface area (Å²) in [7, 11) is 1.67. The number of thiophene rings is 1. The van der Waals surface area contributed by atoms with Gasteiger partial charge in [-0.2, -0.15) is 0 Å². The molecule has 110 valence electrons. The molecule has 0 unspecified atom stereocenters. The van der Waals surface area contributed by atoms with E-state index in [0.717, 1.165) is 13.1 Å². The molecule has 1 rings (SSSR count). The van der Waals surface area contributed by atoms with Crippen molar-refractivity contribution in [3.05, 3.63) is 21.4 Å². The Morgan fingerprint density at radius 3 is 2.63 bits per heavy atom. The Balaban J connectivity index is 2.16. The Morgan fingerprint density at radius 1 is 1.16 bits per heavy atom. The van der Waals surface area contributed by atoms with E-state index in [-0.39, 0.29) is 0 Å². The number of hydrogen-bond donors (Lipinski definition) is 1. The first-order chi connectivity index (χ1) is 9.27. The van der Waals surface area contributed by atoms with Crippen LogP contribution >= 0.6 is 11.3 Å². The molecule has 0 saturated heterocycles. The molecule has 0 aliphatic carbocycles. The maximum atomic E-state index is 5.62. The van der Waals surface area contributed by atoms with Gasteiger partial charge in [0.2, 0.25) is 0 Å². The molecule has 0 aliphatic rings. The average Bonchev–Trinajstić information content (AvgIpc) is 2.76. The van der Waals surface area contributed by atoms with Crippen molar-refractivity contribution in [3.63, 3.8) is 0 Å². The standard InChI is InChI=1S/C14H25NO3S/c1-4-15-10-14-9-13(12(2)19-14)11-18-8-7-17-6-5-16-3/h9,15H,4-8,10-11H2,1-3H3. The Kier molecular flexibility index (Phi) is 9.03. The molecular formula is C14H25NO3S. The second kappa shape index (κ2) is 10.3. The molecule has 0 amide bonds. The van der Waals surface area contributed by atoms with Crippen molar-refractivity contribution in [2.24, 2.45) is 0 Å². The molecule has 1 heterocycles. The van der Waals surface area contributed by atoms with Crippen LogP contribution in [0, 0.1) is 6.92 Å². The lowest BCUT2D eigenvalue weighted by atomic mass is 10.2. The van der Waals surface area contributed by atoms with Crippen LogP contribution in [0.2, 0.25) is 0 Å². The molecule has 0 saturated carbocycles. The molecule has 0 atom stereocenters. The summed E-state index contributed by atoms with van der Waals surface area (Å²) in [6.07, 6.45) is 0. The van der Waals surface area contributed by atoms with Crippen LogP contribution < -0.4 is 5.32 Å². The van der Waals surface area contributed by atoms with Crippen molar-refractivity contribution in [1.29, 1.82) is 0 Å². The van der Waals surface area contributed by atoms with Crippen LogP contribution in [0.5, 0.6) is 0 Å². The molecule has 1 aromatic rings. The zero-order chi connectivity index (χ0) is 13.9. The van der Waals surface area contributed by atoms with E-state index in [9.17, 15) is 0 Å². The van der Waals surface area contributed by atoms with Crippen LogP contribution in [0.25, 0.3) is 0 Å². The summed E-state index contributed by atoms with van der Waals surface area (Å²) in [4.78, 5) is 2.71. The minimum Gasteiger partial charge on any atom is -0.382 e. The van der Waals surface area contributed by atoms with Gasteiger partial charge in [0.15, 0.2) is 0 Å². The van der Waals surface area contributed by atoms with Crippen molar-refractivity contribution in [3.8, 4) is 0 Å². The maximum absolute atomic E-state index is 5.62. The number of rotatable bonds is 11. The molecule has 19 heavy (non-hydrogen) atoms. The van der Waals surface area contributed by atoms with Gasteiger partial charge in [-0.25, -0.2) is 0 Å². The van der Waals surface area contributed by atoms with Gasteiger partial charge in [-0.3, -0.25) is 0 Å². The van der Waals surface area contributed by atoms with E-state index in [2.05, 4.69) is 25.2 Å². The zero-order valence-corrected chi connectivity index (χ0v) is 13.0. The van der Waals surface area contributed by atoms with E-state index in [1.54, 1.807) is 7.11 Å². The van der Waals surface area contributed by atoms with Gasteiger partial charge in [-0.1, -0.05) is 6.92 Å². The Morgan fingerprint density at radius 2 is 1.89 bits per heavy atom. The highest BCUT2D eigenvalue weighted by molar-refractivity contribution is 7.12. The number of nitrogens with one attached hydrogen (secondary N) is 1. The van der Waals surface area contributed by atoms with Gasteiger partial charge in [0.25, 0.3) is 0 Å². The minimum absolute atomic E-state index is 0.622. The molecule has 0 bridgehead atoms. The van der Waals surface area contributed by atoms with Crippen molar-refractivity contribution in [1.82, 2.24) is 5.32 Å². The third-order valence-corrected chi connectivity index (χ3v) is 3.77. The normalized spacial score (nSPS) is 11.1. The van der Waals surface area contributed by atoms with Crippen LogP contribution in [0.4, 0.5) is 0 Å². The van der Waals surface area contributed by atoms with E-state index >= 15 is 0 Å². The second-order valence-electron chi connectivity index (χ2n) is 4.23. The summed E-state index contributed by atoms with van der Waals surface area (Å²) in [6, 6.07) is 2.23. The van der Waals surface area contributed by atoms with Gasteiger partial charge in [0, 0.05) is 23.4 Å². The molecule has 1 N–H and O–H groups in total. The highest BCUT2D eigenvalue weighted by Gasteiger charge is 2.05. The third-order valence-electron chi connectivity index (χ3n) is 2.68. The number of aryl methyl sites for hydroxylation is 1. The molecule has 0 aliphatic heterocycles. The molecule has 1 aromatic heterocycles. The fourth-order valence-electron chi connectivity index (χ4n) is 1.61. The lowest BCUT2D eigenvalue weighted by molar-refractivity contribution is 0.0199. The molecule has 0 radical (unpaired) electrons. The summed E-state index contributed by atoms with van der Waals surface area (Å²) in [5.41, 5.74) is 1.29. The molecule has 5 heteroatoms. The maximum Gasteiger partial charge on any atom is 0.0728 e. The Hall–Kier alpha value is -0.460. The topological polar surface area (TPSA) is 39.7 Å². The Labute approximate surface area is 120 Å². The van der Waals surface area contributed by atoms with E-state index in [0.29, 0.717) is 33.0 Å². The van der Waals surface area contributed by atoms with E-state index in [4.69, 9.17) is 14.2 Å². The summed E-state index contributed by atoms with van der Waals surface area (Å²) < 4.78 is 15.9. The highest BCUT2D eigenvalue weighted by atomic mass is 32.1. The molecule has 0 aromatic carbocycles. The van der Waals surface area contributed by atoms with Gasteiger partial charge < -0.3 is 19.5 Å². The monoisotopic (exact) mass is 287 g/mol. The predicted molar refractivity (Wildman–Crippen MR) is 78.8 cm³/mol. The van der Waals surface area contributed by atoms with E-state index in [1.165, 1.54) is 15.3 Å². The van der Waals surface area contributed by atoms with E-state index < -0.39 is 0 Å². The zero-order valence-electron chi connectivity index (χ0n) is 12.2. The van der Waals surface area contributed by atoms with Crippen molar-refractivity contribution >= 4 is 11.3 Å². The van der Waals surface area contributed by atoms with Gasteiger partial charge in [0.05, 0.1) is 33.0 Å². The predicted octanol–water partition coefficient (Wildman–Crippen LogP) is 2.35. The largest absolute Gasteiger partial charge is 0.382 e. The van der Waals surface area contributed by atoms with Gasteiger partial charge in [0.1, 0.15) is 0 Å². The first kappa shape index (κ1) is 16.6. The summed E-state index contributed by atoms with van der Waals surface area (Å²) in [6.45, 7) is 9.40. The lowest BCUT2D eigenvalue weighted by Gasteiger charge is -2.05. The van der Waals surface area contributed by atoms with Gasteiger partial charge in [-0.05, 0) is 25.1 Å². The average molecular weight is 287 g/mol. The summed E-state index contributed by atoms with van der Waals surface area (Å²) in [5.74, 6) is 0. The van der Waals surface area contributed by atoms with Crippen molar-refractivity contribution in [2.75, 3.05) is 40.1 Å². The fraction of sp³-hybridized carbons (Fsp3) is 0.714. The smallest absolute Gasteiger partial charge is 0.0728 e. The van der Waals surface area contributed by atoms with Crippen LogP contribution in [0.1, 0.15) is 22.2 Å². The van der Waals surface area contributed by atoms with Crippen LogP contribution in [0.3, 0.4) is 0 Å². The number of methoxy groups -OCH3 is 1. The van der Waals surface area contributed by atoms with E-state index in [1.807, 2.05) is 11.3 Å². The van der Waals surface area contributed by atoms with Gasteiger partial charge >= 0.3 is 0 Å².